The van der Waals surface area contributed by atoms with Gasteiger partial charge in [0.15, 0.2) is 0 Å². The first-order valence-corrected chi connectivity index (χ1v) is 7.11. The van der Waals surface area contributed by atoms with E-state index >= 15 is 0 Å². The first-order chi connectivity index (χ1) is 9.54. The highest BCUT2D eigenvalue weighted by molar-refractivity contribution is 9.10. The second-order valence-electron chi connectivity index (χ2n) is 4.76. The summed E-state index contributed by atoms with van der Waals surface area (Å²) in [6, 6.07) is 9.50. The lowest BCUT2D eigenvalue weighted by Crippen LogP contribution is -2.29. The van der Waals surface area contributed by atoms with Crippen molar-refractivity contribution in [2.24, 2.45) is 0 Å². The lowest BCUT2D eigenvalue weighted by Gasteiger charge is -2.15. The third-order valence-corrected chi connectivity index (χ3v) is 3.73. The molecule has 0 spiro atoms. The van der Waals surface area contributed by atoms with Crippen molar-refractivity contribution in [2.75, 3.05) is 18.9 Å². The van der Waals surface area contributed by atoms with E-state index in [-0.39, 0.29) is 5.91 Å². The van der Waals surface area contributed by atoms with E-state index < -0.39 is 0 Å². The molecule has 0 aliphatic carbocycles. The zero-order valence-electron chi connectivity index (χ0n) is 11.5. The van der Waals surface area contributed by atoms with Crippen LogP contribution in [0.2, 0.25) is 0 Å². The number of aryl methyl sites for hydroxylation is 1. The van der Waals surface area contributed by atoms with E-state index in [2.05, 4.69) is 21.2 Å². The summed E-state index contributed by atoms with van der Waals surface area (Å²) in [6.07, 6.45) is 1.63. The quantitative estimate of drug-likeness (QED) is 0.909. The van der Waals surface area contributed by atoms with Gasteiger partial charge in [0.25, 0.3) is 0 Å². The summed E-state index contributed by atoms with van der Waals surface area (Å²) in [5.41, 5.74) is 1.93. The van der Waals surface area contributed by atoms with Crippen LogP contribution in [-0.2, 0) is 11.3 Å². The van der Waals surface area contributed by atoms with E-state index in [1.54, 1.807) is 6.26 Å². The number of carbonyl (C=O) groups excluding carboxylic acids is 1. The summed E-state index contributed by atoms with van der Waals surface area (Å²) in [5, 5.41) is 2.88. The maximum absolute atomic E-state index is 11.9. The van der Waals surface area contributed by atoms with Gasteiger partial charge in [0.2, 0.25) is 5.91 Å². The van der Waals surface area contributed by atoms with Crippen molar-refractivity contribution < 1.29 is 9.21 Å². The number of benzene rings is 1. The lowest BCUT2D eigenvalue weighted by molar-refractivity contribution is -0.117. The minimum absolute atomic E-state index is 0.0465. The van der Waals surface area contributed by atoms with Crippen molar-refractivity contribution in [3.63, 3.8) is 0 Å². The molecule has 1 N–H and O–H groups in total. The summed E-state index contributed by atoms with van der Waals surface area (Å²) >= 11 is 3.45. The Morgan fingerprint density at radius 1 is 1.40 bits per heavy atom. The van der Waals surface area contributed by atoms with Crippen molar-refractivity contribution in [1.29, 1.82) is 0 Å². The summed E-state index contributed by atoms with van der Waals surface area (Å²) in [6.45, 7) is 2.93. The molecule has 0 fully saturated rings. The Morgan fingerprint density at radius 2 is 2.20 bits per heavy atom. The normalized spacial score (nSPS) is 10.8. The number of nitrogens with one attached hydrogen (secondary N) is 1. The molecule has 1 heterocycles. The van der Waals surface area contributed by atoms with E-state index in [9.17, 15) is 4.79 Å². The third-order valence-electron chi connectivity index (χ3n) is 2.87. The van der Waals surface area contributed by atoms with Gasteiger partial charge in [0.05, 0.1) is 19.4 Å². The van der Waals surface area contributed by atoms with Crippen molar-refractivity contribution in [1.82, 2.24) is 4.90 Å². The molecule has 0 radical (unpaired) electrons. The molecule has 1 amide bonds. The Kier molecular flexibility index (Phi) is 4.98. The predicted molar refractivity (Wildman–Crippen MR) is 82.6 cm³/mol. The Labute approximate surface area is 126 Å². The van der Waals surface area contributed by atoms with Gasteiger partial charge < -0.3 is 9.73 Å². The van der Waals surface area contributed by atoms with Gasteiger partial charge in [-0.1, -0.05) is 22.0 Å². The van der Waals surface area contributed by atoms with Crippen LogP contribution in [0.3, 0.4) is 0 Å². The van der Waals surface area contributed by atoms with Crippen LogP contribution < -0.4 is 5.32 Å². The number of carbonyl (C=O) groups is 1. The highest BCUT2D eigenvalue weighted by atomic mass is 79.9. The lowest BCUT2D eigenvalue weighted by atomic mass is 10.2. The van der Waals surface area contributed by atoms with Gasteiger partial charge in [-0.3, -0.25) is 9.69 Å². The summed E-state index contributed by atoms with van der Waals surface area (Å²) < 4.78 is 6.24. The molecule has 1 aromatic carbocycles. The van der Waals surface area contributed by atoms with Gasteiger partial charge in [-0.05, 0) is 43.8 Å². The molecule has 1 aromatic heterocycles. The molecule has 2 rings (SSSR count). The average molecular weight is 337 g/mol. The fraction of sp³-hybridized carbons (Fsp3) is 0.267. The number of furan rings is 1. The molecule has 0 aliphatic heterocycles. The molecule has 0 atom stereocenters. The molecule has 0 saturated heterocycles. The van der Waals surface area contributed by atoms with E-state index in [0.29, 0.717) is 13.1 Å². The SMILES string of the molecule is Cc1ccc(NC(=O)CN(C)Cc2ccco2)cc1Br. The Morgan fingerprint density at radius 3 is 2.85 bits per heavy atom. The van der Waals surface area contributed by atoms with Crippen LogP contribution in [0.5, 0.6) is 0 Å². The molecule has 0 unspecified atom stereocenters. The zero-order chi connectivity index (χ0) is 14.5. The minimum Gasteiger partial charge on any atom is -0.468 e. The van der Waals surface area contributed by atoms with Crippen LogP contribution in [-0.4, -0.2) is 24.4 Å². The van der Waals surface area contributed by atoms with Gasteiger partial charge in [-0.25, -0.2) is 0 Å². The van der Waals surface area contributed by atoms with E-state index in [1.165, 1.54) is 0 Å². The molecular weight excluding hydrogens is 320 g/mol. The fourth-order valence-corrected chi connectivity index (χ4v) is 2.22. The molecule has 20 heavy (non-hydrogen) atoms. The molecule has 0 aliphatic rings. The minimum atomic E-state index is -0.0465. The molecule has 0 bridgehead atoms. The van der Waals surface area contributed by atoms with Gasteiger partial charge in [0.1, 0.15) is 5.76 Å². The van der Waals surface area contributed by atoms with Gasteiger partial charge in [-0.2, -0.15) is 0 Å². The average Bonchev–Trinajstić information content (AvgIpc) is 2.86. The summed E-state index contributed by atoms with van der Waals surface area (Å²) in [5.74, 6) is 0.799. The van der Waals surface area contributed by atoms with Crippen LogP contribution in [0.4, 0.5) is 5.69 Å². The Balaban J connectivity index is 1.87. The van der Waals surface area contributed by atoms with Crippen molar-refractivity contribution in [2.45, 2.75) is 13.5 Å². The smallest absolute Gasteiger partial charge is 0.238 e. The van der Waals surface area contributed by atoms with Crippen LogP contribution in [0.25, 0.3) is 0 Å². The van der Waals surface area contributed by atoms with Gasteiger partial charge in [-0.15, -0.1) is 0 Å². The van der Waals surface area contributed by atoms with E-state index in [0.717, 1.165) is 21.5 Å². The number of halogens is 1. The van der Waals surface area contributed by atoms with Gasteiger partial charge in [0, 0.05) is 10.2 Å². The number of hydrogen-bond donors (Lipinski definition) is 1. The number of hydrogen-bond acceptors (Lipinski definition) is 3. The molecule has 2 aromatic rings. The number of nitrogens with zero attached hydrogens (tertiary/aromatic N) is 1. The van der Waals surface area contributed by atoms with Crippen molar-refractivity contribution in [3.8, 4) is 0 Å². The molecule has 5 heteroatoms. The van der Waals surface area contributed by atoms with E-state index in [1.807, 2.05) is 49.2 Å². The van der Waals surface area contributed by atoms with Crippen LogP contribution in [0, 0.1) is 6.92 Å². The highest BCUT2D eigenvalue weighted by Crippen LogP contribution is 2.20. The van der Waals surface area contributed by atoms with Crippen molar-refractivity contribution in [3.05, 3.63) is 52.4 Å². The monoisotopic (exact) mass is 336 g/mol. The second-order valence-corrected chi connectivity index (χ2v) is 5.62. The third kappa shape index (κ3) is 4.21. The number of amides is 1. The Bertz CT molecular complexity index is 582. The van der Waals surface area contributed by atoms with Crippen molar-refractivity contribution >= 4 is 27.5 Å². The molecule has 0 saturated carbocycles. The first kappa shape index (κ1) is 14.8. The maximum Gasteiger partial charge on any atom is 0.238 e. The molecule has 106 valence electrons. The topological polar surface area (TPSA) is 45.5 Å². The predicted octanol–water partition coefficient (Wildman–Crippen LogP) is 3.42. The van der Waals surface area contributed by atoms with Crippen LogP contribution in [0.1, 0.15) is 11.3 Å². The maximum atomic E-state index is 11.9. The fourth-order valence-electron chi connectivity index (χ4n) is 1.84. The van der Waals surface area contributed by atoms with Crippen LogP contribution in [0.15, 0.2) is 45.5 Å². The summed E-state index contributed by atoms with van der Waals surface area (Å²) in [7, 11) is 1.88. The summed E-state index contributed by atoms with van der Waals surface area (Å²) in [4.78, 5) is 13.8. The Hall–Kier alpha value is -1.59. The number of likely N-dealkylation sites (N-methyl/N-ethyl adjacent to an activating group) is 1. The second kappa shape index (κ2) is 6.72. The molecule has 4 nitrogen and oxygen atoms in total. The number of rotatable bonds is 5. The first-order valence-electron chi connectivity index (χ1n) is 6.31. The zero-order valence-corrected chi connectivity index (χ0v) is 13.1. The largest absolute Gasteiger partial charge is 0.468 e. The van der Waals surface area contributed by atoms with Gasteiger partial charge >= 0.3 is 0 Å². The van der Waals surface area contributed by atoms with Crippen LogP contribution >= 0.6 is 15.9 Å². The standard InChI is InChI=1S/C15H17BrN2O2/c1-11-5-6-12(8-14(11)16)17-15(19)10-18(2)9-13-4-3-7-20-13/h3-8H,9-10H2,1-2H3,(H,17,19). The molecular formula is C15H17BrN2O2. The van der Waals surface area contributed by atoms with E-state index in [4.69, 9.17) is 4.42 Å². The number of anilines is 1. The highest BCUT2D eigenvalue weighted by Gasteiger charge is 2.09.